The average molecular weight is 239 g/mol. The fourth-order valence-corrected chi connectivity index (χ4v) is 2.02. The molecule has 2 fully saturated rings. The number of hydrogen-bond donors (Lipinski definition) is 0. The molecular formula is C13H21NO3. The van der Waals surface area contributed by atoms with E-state index in [1.54, 1.807) is 6.92 Å². The number of esters is 1. The van der Waals surface area contributed by atoms with Crippen molar-refractivity contribution in [3.05, 3.63) is 0 Å². The molecule has 0 bridgehead atoms. The summed E-state index contributed by atoms with van der Waals surface area (Å²) in [7, 11) is 0. The number of ether oxygens (including phenoxy) is 1. The Balaban J connectivity index is 1.88. The van der Waals surface area contributed by atoms with Gasteiger partial charge in [0.25, 0.3) is 0 Å². The van der Waals surface area contributed by atoms with Crippen molar-refractivity contribution in [3.63, 3.8) is 0 Å². The van der Waals surface area contributed by atoms with Crippen molar-refractivity contribution in [1.29, 1.82) is 0 Å². The van der Waals surface area contributed by atoms with Gasteiger partial charge < -0.3 is 9.64 Å². The molecule has 0 N–H and O–H groups in total. The average Bonchev–Trinajstić information content (AvgIpc) is 3.18. The maximum Gasteiger partial charge on any atom is 0.310 e. The van der Waals surface area contributed by atoms with Crippen molar-refractivity contribution in [2.75, 3.05) is 13.2 Å². The number of hydrogen-bond acceptors (Lipinski definition) is 3. The molecule has 2 aliphatic rings. The van der Waals surface area contributed by atoms with Crippen LogP contribution in [0.25, 0.3) is 0 Å². The van der Waals surface area contributed by atoms with E-state index in [2.05, 4.69) is 0 Å². The van der Waals surface area contributed by atoms with E-state index in [1.807, 2.05) is 11.8 Å². The zero-order valence-corrected chi connectivity index (χ0v) is 10.6. The summed E-state index contributed by atoms with van der Waals surface area (Å²) in [5.41, 5.74) is 0. The van der Waals surface area contributed by atoms with Crippen molar-refractivity contribution in [3.8, 4) is 0 Å². The molecule has 2 aliphatic carbocycles. The lowest BCUT2D eigenvalue weighted by Crippen LogP contribution is -2.39. The number of rotatable bonds is 6. The molecule has 96 valence electrons. The molecule has 2 saturated carbocycles. The minimum absolute atomic E-state index is 0.193. The van der Waals surface area contributed by atoms with Crippen LogP contribution in [0.3, 0.4) is 0 Å². The summed E-state index contributed by atoms with van der Waals surface area (Å²) in [6, 6.07) is 0.389. The maximum atomic E-state index is 12.1. The fourth-order valence-electron chi connectivity index (χ4n) is 2.02. The summed E-state index contributed by atoms with van der Waals surface area (Å²) in [4.78, 5) is 25.6. The van der Waals surface area contributed by atoms with Crippen molar-refractivity contribution < 1.29 is 14.3 Å². The van der Waals surface area contributed by atoms with Crippen LogP contribution in [0, 0.1) is 11.8 Å². The maximum absolute atomic E-state index is 12.1. The quantitative estimate of drug-likeness (QED) is 0.661. The smallest absolute Gasteiger partial charge is 0.310 e. The van der Waals surface area contributed by atoms with Gasteiger partial charge in [0.05, 0.1) is 12.5 Å². The van der Waals surface area contributed by atoms with Crippen LogP contribution in [-0.2, 0) is 14.3 Å². The van der Waals surface area contributed by atoms with Gasteiger partial charge in [0.15, 0.2) is 0 Å². The standard InChI is InChI=1S/C13H21NO3/c1-3-17-13(16)9(2)8-14(11-6-7-11)12(15)10-4-5-10/h9-11H,3-8H2,1-2H3. The summed E-state index contributed by atoms with van der Waals surface area (Å²) in [6.45, 7) is 4.58. The first-order chi connectivity index (χ1) is 8.13. The number of amides is 1. The molecule has 17 heavy (non-hydrogen) atoms. The zero-order valence-electron chi connectivity index (χ0n) is 10.6. The predicted octanol–water partition coefficient (Wildman–Crippen LogP) is 1.59. The molecule has 0 aromatic rings. The van der Waals surface area contributed by atoms with Gasteiger partial charge in [-0.15, -0.1) is 0 Å². The molecule has 0 heterocycles. The largest absolute Gasteiger partial charge is 0.466 e. The van der Waals surface area contributed by atoms with E-state index in [1.165, 1.54) is 0 Å². The van der Waals surface area contributed by atoms with Crippen LogP contribution in [-0.4, -0.2) is 36.0 Å². The summed E-state index contributed by atoms with van der Waals surface area (Å²) < 4.78 is 4.98. The Morgan fingerprint density at radius 1 is 1.29 bits per heavy atom. The van der Waals surface area contributed by atoms with E-state index in [9.17, 15) is 9.59 Å². The topological polar surface area (TPSA) is 46.6 Å². The first-order valence-corrected chi connectivity index (χ1v) is 6.60. The predicted molar refractivity (Wildman–Crippen MR) is 63.3 cm³/mol. The molecule has 2 rings (SSSR count). The van der Waals surface area contributed by atoms with E-state index in [-0.39, 0.29) is 23.7 Å². The van der Waals surface area contributed by atoms with Crippen molar-refractivity contribution >= 4 is 11.9 Å². The highest BCUT2D eigenvalue weighted by Gasteiger charge is 2.41. The molecule has 1 atom stereocenters. The Morgan fingerprint density at radius 2 is 1.94 bits per heavy atom. The van der Waals surface area contributed by atoms with Crippen LogP contribution in [0.4, 0.5) is 0 Å². The zero-order chi connectivity index (χ0) is 12.4. The minimum atomic E-state index is -0.210. The third kappa shape index (κ3) is 3.20. The van der Waals surface area contributed by atoms with E-state index in [4.69, 9.17) is 4.74 Å². The van der Waals surface area contributed by atoms with Crippen molar-refractivity contribution in [2.24, 2.45) is 11.8 Å². The van der Waals surface area contributed by atoms with Crippen LogP contribution in [0.15, 0.2) is 0 Å². The van der Waals surface area contributed by atoms with Crippen LogP contribution in [0.2, 0.25) is 0 Å². The second kappa shape index (κ2) is 5.07. The van der Waals surface area contributed by atoms with Crippen LogP contribution in [0.1, 0.15) is 39.5 Å². The van der Waals surface area contributed by atoms with Gasteiger partial charge in [0.1, 0.15) is 0 Å². The molecular weight excluding hydrogens is 218 g/mol. The normalized spacial score (nSPS) is 20.8. The number of nitrogens with zero attached hydrogens (tertiary/aromatic N) is 1. The second-order valence-electron chi connectivity index (χ2n) is 5.15. The highest BCUT2D eigenvalue weighted by Crippen LogP contribution is 2.36. The molecule has 4 nitrogen and oxygen atoms in total. The lowest BCUT2D eigenvalue weighted by atomic mass is 10.1. The van der Waals surface area contributed by atoms with E-state index >= 15 is 0 Å². The van der Waals surface area contributed by atoms with Gasteiger partial charge in [-0.05, 0) is 32.6 Å². The van der Waals surface area contributed by atoms with E-state index < -0.39 is 0 Å². The van der Waals surface area contributed by atoms with Crippen molar-refractivity contribution in [1.82, 2.24) is 4.90 Å². The van der Waals surface area contributed by atoms with E-state index in [0.29, 0.717) is 19.2 Å². The Hall–Kier alpha value is -1.06. The van der Waals surface area contributed by atoms with Gasteiger partial charge in [-0.25, -0.2) is 0 Å². The molecule has 4 heteroatoms. The van der Waals surface area contributed by atoms with Crippen LogP contribution in [0.5, 0.6) is 0 Å². The lowest BCUT2D eigenvalue weighted by Gasteiger charge is -2.25. The van der Waals surface area contributed by atoms with Gasteiger partial charge in [-0.2, -0.15) is 0 Å². The van der Waals surface area contributed by atoms with Crippen LogP contribution < -0.4 is 0 Å². The fraction of sp³-hybridized carbons (Fsp3) is 0.846. The van der Waals surface area contributed by atoms with Crippen LogP contribution >= 0.6 is 0 Å². The monoisotopic (exact) mass is 239 g/mol. The Kier molecular flexibility index (Phi) is 3.69. The highest BCUT2D eigenvalue weighted by atomic mass is 16.5. The molecule has 0 aromatic carbocycles. The SMILES string of the molecule is CCOC(=O)C(C)CN(C(=O)C1CC1)C1CC1. The second-order valence-corrected chi connectivity index (χ2v) is 5.15. The first-order valence-electron chi connectivity index (χ1n) is 6.60. The molecule has 0 aromatic heterocycles. The molecule has 0 radical (unpaired) electrons. The molecule has 0 saturated heterocycles. The van der Waals surface area contributed by atoms with Gasteiger partial charge >= 0.3 is 5.97 Å². The Morgan fingerprint density at radius 3 is 2.41 bits per heavy atom. The molecule has 0 aliphatic heterocycles. The van der Waals surface area contributed by atoms with E-state index in [0.717, 1.165) is 25.7 Å². The first kappa shape index (κ1) is 12.4. The van der Waals surface area contributed by atoms with Gasteiger partial charge in [-0.3, -0.25) is 9.59 Å². The van der Waals surface area contributed by atoms with Gasteiger partial charge in [0, 0.05) is 18.5 Å². The summed E-state index contributed by atoms with van der Waals surface area (Å²) in [5, 5.41) is 0. The molecule has 1 unspecified atom stereocenters. The molecule has 0 spiro atoms. The number of carbonyl (C=O) groups is 2. The summed E-state index contributed by atoms with van der Waals surface area (Å²) in [6.07, 6.45) is 4.23. The summed E-state index contributed by atoms with van der Waals surface area (Å²) in [5.74, 6) is 0.0913. The van der Waals surface area contributed by atoms with Crippen molar-refractivity contribution in [2.45, 2.75) is 45.6 Å². The Bertz CT molecular complexity index is 308. The number of carbonyl (C=O) groups excluding carboxylic acids is 2. The van der Waals surface area contributed by atoms with Gasteiger partial charge in [0.2, 0.25) is 5.91 Å². The lowest BCUT2D eigenvalue weighted by molar-refractivity contribution is -0.149. The third-order valence-corrected chi connectivity index (χ3v) is 3.36. The molecule has 1 amide bonds. The minimum Gasteiger partial charge on any atom is -0.466 e. The summed E-state index contributed by atoms with van der Waals surface area (Å²) >= 11 is 0. The van der Waals surface area contributed by atoms with Gasteiger partial charge in [-0.1, -0.05) is 6.92 Å². The highest BCUT2D eigenvalue weighted by molar-refractivity contribution is 5.82. The third-order valence-electron chi connectivity index (χ3n) is 3.36. The Labute approximate surface area is 102 Å².